The van der Waals surface area contributed by atoms with Crippen LogP contribution in [-0.2, 0) is 32.7 Å². The lowest BCUT2D eigenvalue weighted by molar-refractivity contribution is -0.149. The lowest BCUT2D eigenvalue weighted by atomic mass is 10.00. The molecule has 0 saturated carbocycles. The predicted molar refractivity (Wildman–Crippen MR) is 164 cm³/mol. The summed E-state index contributed by atoms with van der Waals surface area (Å²) < 4.78 is 42.0. The molecule has 4 atom stereocenters. The summed E-state index contributed by atoms with van der Waals surface area (Å²) >= 11 is 14.4. The molecule has 3 rings (SSSR count). The monoisotopic (exact) mass is 684 g/mol. The SMILES string of the molecule is CCOc1nc(N)nc2c1ncn2[C@@H]1O[C@H](COP(=O)(N[C@@H](C)C(=O)OC(C)C)OCCSC(=O)C(C)(C)C)CC1(Cl)Cl. The zero-order chi connectivity index (χ0) is 32.2. The number of alkyl halides is 2. The first-order valence-corrected chi connectivity index (χ1v) is 16.9. The molecule has 3 N–H and O–H groups in total. The molecule has 1 unspecified atom stereocenters. The maximum Gasteiger partial charge on any atom is 0.406 e. The Balaban J connectivity index is 1.74. The molecular formula is C25H39Cl2N6O8PS. The number of hydrogen-bond acceptors (Lipinski definition) is 13. The minimum atomic E-state index is -4.12. The van der Waals surface area contributed by atoms with Gasteiger partial charge in [0.05, 0.1) is 38.4 Å². The van der Waals surface area contributed by atoms with Crippen LogP contribution >= 0.6 is 42.7 Å². The van der Waals surface area contributed by atoms with Gasteiger partial charge in [0.2, 0.25) is 11.8 Å². The van der Waals surface area contributed by atoms with E-state index in [-0.39, 0.29) is 48.4 Å². The number of thioether (sulfide) groups is 1. The molecule has 0 aromatic carbocycles. The highest BCUT2D eigenvalue weighted by molar-refractivity contribution is 8.13. The number of aromatic nitrogens is 4. The highest BCUT2D eigenvalue weighted by Crippen LogP contribution is 2.50. The molecule has 1 aliphatic rings. The summed E-state index contributed by atoms with van der Waals surface area (Å²) in [6, 6.07) is -1.03. The van der Waals surface area contributed by atoms with Crippen molar-refractivity contribution in [2.24, 2.45) is 5.41 Å². The summed E-state index contributed by atoms with van der Waals surface area (Å²) in [4.78, 5) is 37.3. The smallest absolute Gasteiger partial charge is 0.406 e. The molecule has 0 radical (unpaired) electrons. The molecule has 43 heavy (non-hydrogen) atoms. The predicted octanol–water partition coefficient (Wildman–Crippen LogP) is 4.65. The molecular weight excluding hydrogens is 646 g/mol. The Kier molecular flexibility index (Phi) is 12.1. The molecule has 3 heterocycles. The van der Waals surface area contributed by atoms with Gasteiger partial charge in [0.15, 0.2) is 26.8 Å². The molecule has 1 fully saturated rings. The van der Waals surface area contributed by atoms with Crippen LogP contribution in [0, 0.1) is 5.41 Å². The summed E-state index contributed by atoms with van der Waals surface area (Å²) in [5.74, 6) is -0.264. The van der Waals surface area contributed by atoms with E-state index in [4.69, 9.17) is 52.2 Å². The second-order valence-electron chi connectivity index (χ2n) is 11.1. The maximum absolute atomic E-state index is 13.8. The number of ether oxygens (including phenoxy) is 3. The van der Waals surface area contributed by atoms with Crippen molar-refractivity contribution in [3.8, 4) is 5.88 Å². The molecule has 1 saturated heterocycles. The Morgan fingerprint density at radius 1 is 1.28 bits per heavy atom. The molecule has 0 amide bonds. The van der Waals surface area contributed by atoms with Crippen molar-refractivity contribution in [2.45, 2.75) is 83.7 Å². The number of rotatable bonds is 14. The topological polar surface area (TPSA) is 179 Å². The Bertz CT molecular complexity index is 1340. The number of halogens is 2. The van der Waals surface area contributed by atoms with Crippen LogP contribution in [0.3, 0.4) is 0 Å². The van der Waals surface area contributed by atoms with Crippen molar-refractivity contribution in [1.29, 1.82) is 0 Å². The third-order valence-electron chi connectivity index (χ3n) is 5.80. The number of fused-ring (bicyclic) bond motifs is 1. The normalized spacial score (nSPS) is 20.7. The number of hydrogen-bond donors (Lipinski definition) is 2. The van der Waals surface area contributed by atoms with Crippen molar-refractivity contribution in [3.63, 3.8) is 0 Å². The summed E-state index contributed by atoms with van der Waals surface area (Å²) in [5, 5.41) is 2.56. The third-order valence-corrected chi connectivity index (χ3v) is 9.44. The van der Waals surface area contributed by atoms with Crippen LogP contribution in [0.15, 0.2) is 6.33 Å². The molecule has 0 aliphatic carbocycles. The molecule has 0 spiro atoms. The van der Waals surface area contributed by atoms with E-state index in [9.17, 15) is 14.2 Å². The van der Waals surface area contributed by atoms with Gasteiger partial charge in [-0.3, -0.25) is 23.2 Å². The molecule has 1 aliphatic heterocycles. The van der Waals surface area contributed by atoms with Crippen molar-refractivity contribution in [1.82, 2.24) is 24.6 Å². The summed E-state index contributed by atoms with van der Waals surface area (Å²) in [7, 11) is -4.12. The van der Waals surface area contributed by atoms with Gasteiger partial charge in [-0.25, -0.2) is 14.6 Å². The van der Waals surface area contributed by atoms with E-state index in [1.54, 1.807) is 41.5 Å². The minimum absolute atomic E-state index is 0.0398. The number of nitrogens with two attached hydrogens (primary N) is 1. The average molecular weight is 686 g/mol. The molecule has 242 valence electrons. The van der Waals surface area contributed by atoms with E-state index in [1.807, 2.05) is 0 Å². The Morgan fingerprint density at radius 2 is 1.98 bits per heavy atom. The zero-order valence-electron chi connectivity index (χ0n) is 25.2. The number of nitrogens with zero attached hydrogens (tertiary/aromatic N) is 4. The van der Waals surface area contributed by atoms with E-state index in [2.05, 4.69) is 20.0 Å². The van der Waals surface area contributed by atoms with E-state index in [0.717, 1.165) is 11.8 Å². The van der Waals surface area contributed by atoms with Gasteiger partial charge in [-0.2, -0.15) is 9.97 Å². The highest BCUT2D eigenvalue weighted by atomic mass is 35.5. The lowest BCUT2D eigenvalue weighted by Crippen LogP contribution is -2.36. The van der Waals surface area contributed by atoms with Crippen LogP contribution in [0.1, 0.15) is 61.1 Å². The van der Waals surface area contributed by atoms with Crippen molar-refractivity contribution >= 4 is 70.9 Å². The van der Waals surface area contributed by atoms with Gasteiger partial charge in [-0.05, 0) is 27.7 Å². The van der Waals surface area contributed by atoms with E-state index < -0.39 is 41.8 Å². The standard InChI is InChI=1S/C25H39Cl2N6O8PS/c1-8-37-19-17-18(30-23(28)31-19)33(13-29-17)21-25(26,27)11-16(41-21)12-39-42(36,32-15(4)20(34)40-14(2)3)38-9-10-43-22(35)24(5,6)7/h13-16,21H,8-12H2,1-7H3,(H,32,36)(H2,28,30,31)/t15-,16-,21+,42?/m0/s1. The molecule has 14 nitrogen and oxygen atoms in total. The Morgan fingerprint density at radius 3 is 2.60 bits per heavy atom. The van der Waals surface area contributed by atoms with Crippen LogP contribution in [0.25, 0.3) is 11.2 Å². The molecule has 2 aromatic heterocycles. The van der Waals surface area contributed by atoms with Crippen LogP contribution in [0.5, 0.6) is 5.88 Å². The number of carbonyl (C=O) groups excluding carboxylic acids is 2. The molecule has 2 aromatic rings. The largest absolute Gasteiger partial charge is 0.476 e. The summed E-state index contributed by atoms with van der Waals surface area (Å²) in [6.07, 6.45) is -0.613. The summed E-state index contributed by atoms with van der Waals surface area (Å²) in [5.41, 5.74) is 5.96. The van der Waals surface area contributed by atoms with Crippen LogP contribution < -0.4 is 15.6 Å². The van der Waals surface area contributed by atoms with E-state index in [1.165, 1.54) is 17.8 Å². The highest BCUT2D eigenvalue weighted by Gasteiger charge is 2.49. The van der Waals surface area contributed by atoms with Gasteiger partial charge in [-0.1, -0.05) is 55.7 Å². The lowest BCUT2D eigenvalue weighted by Gasteiger charge is -2.24. The number of anilines is 1. The fourth-order valence-electron chi connectivity index (χ4n) is 3.84. The van der Waals surface area contributed by atoms with Gasteiger partial charge in [0, 0.05) is 17.6 Å². The van der Waals surface area contributed by atoms with Crippen LogP contribution in [0.4, 0.5) is 5.95 Å². The van der Waals surface area contributed by atoms with Crippen molar-refractivity contribution in [3.05, 3.63) is 6.33 Å². The maximum atomic E-state index is 13.8. The quantitative estimate of drug-likeness (QED) is 0.122. The fraction of sp³-hybridized carbons (Fsp3) is 0.720. The van der Waals surface area contributed by atoms with Gasteiger partial charge in [-0.15, -0.1) is 0 Å². The first kappa shape index (κ1) is 35.8. The first-order chi connectivity index (χ1) is 20.0. The third kappa shape index (κ3) is 9.64. The number of nitrogens with one attached hydrogen (secondary N) is 1. The second-order valence-corrected chi connectivity index (χ2v) is 15.4. The Labute approximate surface area is 265 Å². The van der Waals surface area contributed by atoms with Gasteiger partial charge in [0.25, 0.3) is 0 Å². The fourth-order valence-corrected chi connectivity index (χ4v) is 6.91. The van der Waals surface area contributed by atoms with E-state index in [0.29, 0.717) is 17.8 Å². The van der Waals surface area contributed by atoms with Crippen molar-refractivity contribution < 1.29 is 37.4 Å². The number of imidazole rings is 1. The van der Waals surface area contributed by atoms with E-state index >= 15 is 0 Å². The van der Waals surface area contributed by atoms with Gasteiger partial charge >= 0.3 is 13.7 Å². The van der Waals surface area contributed by atoms with Crippen LogP contribution in [-0.4, -0.2) is 78.8 Å². The van der Waals surface area contributed by atoms with Crippen molar-refractivity contribution in [2.75, 3.05) is 31.3 Å². The number of nitrogen functional groups attached to an aromatic ring is 1. The number of carbonyl (C=O) groups is 2. The van der Waals surface area contributed by atoms with Crippen LogP contribution in [0.2, 0.25) is 0 Å². The summed E-state index contributed by atoms with van der Waals surface area (Å²) in [6.45, 7) is 12.0. The first-order valence-electron chi connectivity index (χ1n) is 13.7. The minimum Gasteiger partial charge on any atom is -0.476 e. The molecule has 18 heteroatoms. The average Bonchev–Trinajstić information content (AvgIpc) is 3.43. The van der Waals surface area contributed by atoms with Gasteiger partial charge < -0.3 is 19.9 Å². The Hall–Kier alpha value is -1.71. The second kappa shape index (κ2) is 14.6. The number of esters is 1. The zero-order valence-corrected chi connectivity index (χ0v) is 28.4. The van der Waals surface area contributed by atoms with Gasteiger partial charge in [0.1, 0.15) is 6.04 Å². The molecule has 0 bridgehead atoms.